The van der Waals surface area contributed by atoms with E-state index in [1.807, 2.05) is 0 Å². The highest BCUT2D eigenvalue weighted by molar-refractivity contribution is 5.98. The Balaban J connectivity index is 1.49. The number of anilines is 1. The van der Waals surface area contributed by atoms with Crippen molar-refractivity contribution < 1.29 is 28.6 Å². The van der Waals surface area contributed by atoms with E-state index >= 15 is 4.39 Å². The number of carboxylic acids is 1. The number of piperidine rings is 1. The standard InChI is InChI=1S/C26H27FN4O6/c1-35-15-4-3-5-16(10-15)37-29-21-8-9-30(13-20(21)28)23-19(27)11-17-22(25(23)36-2)31(14-6-7-14)12-18(24(17)32)26(33)34/h3-5,10-12,14,20H,6-9,13,28H2,1-2H3,(H,33,34)/b29-21-. The van der Waals surface area contributed by atoms with Crippen LogP contribution in [0.1, 0.15) is 35.7 Å². The molecule has 2 heterocycles. The molecular weight excluding hydrogens is 483 g/mol. The maximum Gasteiger partial charge on any atom is 0.341 e. The van der Waals surface area contributed by atoms with Crippen molar-refractivity contribution in [3.8, 4) is 17.2 Å². The Labute approximate surface area is 211 Å². The summed E-state index contributed by atoms with van der Waals surface area (Å²) in [6.07, 6.45) is 3.40. The van der Waals surface area contributed by atoms with E-state index in [1.54, 1.807) is 40.8 Å². The predicted octanol–water partition coefficient (Wildman–Crippen LogP) is 3.16. The van der Waals surface area contributed by atoms with E-state index in [1.165, 1.54) is 13.3 Å². The Morgan fingerprint density at radius 1 is 1.19 bits per heavy atom. The van der Waals surface area contributed by atoms with Gasteiger partial charge in [-0.15, -0.1) is 0 Å². The Kier molecular flexibility index (Phi) is 6.46. The van der Waals surface area contributed by atoms with Gasteiger partial charge in [-0.2, -0.15) is 0 Å². The van der Waals surface area contributed by atoms with Crippen LogP contribution in [0.3, 0.4) is 0 Å². The maximum absolute atomic E-state index is 15.6. The minimum Gasteiger partial charge on any atom is -0.497 e. The number of hydrogen-bond acceptors (Lipinski definition) is 8. The van der Waals surface area contributed by atoms with E-state index in [0.717, 1.165) is 18.9 Å². The van der Waals surface area contributed by atoms with Crippen LogP contribution in [0, 0.1) is 5.82 Å². The first-order chi connectivity index (χ1) is 17.8. The molecule has 1 atom stereocenters. The summed E-state index contributed by atoms with van der Waals surface area (Å²) < 4.78 is 28.1. The third-order valence-electron chi connectivity index (χ3n) is 6.68. The Hall–Kier alpha value is -4.12. The fraction of sp³-hybridized carbons (Fsp3) is 0.346. The second kappa shape index (κ2) is 9.74. The van der Waals surface area contributed by atoms with Crippen molar-refractivity contribution in [2.45, 2.75) is 31.3 Å². The predicted molar refractivity (Wildman–Crippen MR) is 136 cm³/mol. The minimum absolute atomic E-state index is 0.0181. The van der Waals surface area contributed by atoms with Crippen molar-refractivity contribution in [1.29, 1.82) is 0 Å². The van der Waals surface area contributed by atoms with E-state index in [-0.39, 0.29) is 29.4 Å². The molecular formula is C26H27FN4O6. The van der Waals surface area contributed by atoms with Crippen molar-refractivity contribution in [2.75, 3.05) is 32.2 Å². The lowest BCUT2D eigenvalue weighted by Gasteiger charge is -2.34. The van der Waals surface area contributed by atoms with E-state index in [9.17, 15) is 14.7 Å². The third kappa shape index (κ3) is 4.57. The van der Waals surface area contributed by atoms with Gasteiger partial charge in [0.05, 0.1) is 36.9 Å². The average Bonchev–Trinajstić information content (AvgIpc) is 3.73. The number of aromatic carboxylic acids is 1. The number of fused-ring (bicyclic) bond motifs is 1. The molecule has 1 aliphatic carbocycles. The van der Waals surface area contributed by atoms with E-state index in [0.29, 0.717) is 35.7 Å². The molecule has 2 fully saturated rings. The number of benzene rings is 2. The normalized spacial score (nSPS) is 18.8. The number of ether oxygens (including phenoxy) is 2. The van der Waals surface area contributed by atoms with Crippen LogP contribution in [-0.2, 0) is 0 Å². The minimum atomic E-state index is -1.35. The van der Waals surface area contributed by atoms with Gasteiger partial charge in [-0.3, -0.25) is 4.79 Å². The van der Waals surface area contributed by atoms with Gasteiger partial charge in [0.25, 0.3) is 0 Å². The fourth-order valence-electron chi connectivity index (χ4n) is 4.68. The van der Waals surface area contributed by atoms with Gasteiger partial charge in [-0.05, 0) is 31.0 Å². The van der Waals surface area contributed by atoms with Crippen LogP contribution in [0.25, 0.3) is 10.9 Å². The van der Waals surface area contributed by atoms with E-state index in [2.05, 4.69) is 5.16 Å². The molecule has 0 bridgehead atoms. The lowest BCUT2D eigenvalue weighted by molar-refractivity contribution is 0.0694. The van der Waals surface area contributed by atoms with Gasteiger partial charge in [0, 0.05) is 37.8 Å². The van der Waals surface area contributed by atoms with Gasteiger partial charge in [0.1, 0.15) is 17.0 Å². The van der Waals surface area contributed by atoms with Gasteiger partial charge >= 0.3 is 5.97 Å². The van der Waals surface area contributed by atoms with Gasteiger partial charge in [0.15, 0.2) is 17.3 Å². The van der Waals surface area contributed by atoms with Gasteiger partial charge in [-0.1, -0.05) is 11.2 Å². The van der Waals surface area contributed by atoms with Crippen LogP contribution in [0.15, 0.2) is 46.5 Å². The summed E-state index contributed by atoms with van der Waals surface area (Å²) in [5.41, 5.74) is 6.42. The molecule has 2 aromatic carbocycles. The van der Waals surface area contributed by atoms with Crippen molar-refractivity contribution in [3.63, 3.8) is 0 Å². The van der Waals surface area contributed by atoms with Gasteiger partial charge in [-0.25, -0.2) is 9.18 Å². The quantitative estimate of drug-likeness (QED) is 0.464. The van der Waals surface area contributed by atoms with Crippen molar-refractivity contribution in [2.24, 2.45) is 10.9 Å². The molecule has 3 aromatic rings. The molecule has 11 heteroatoms. The van der Waals surface area contributed by atoms with Crippen LogP contribution in [-0.4, -0.2) is 54.7 Å². The molecule has 1 saturated heterocycles. The van der Waals surface area contributed by atoms with Crippen LogP contribution >= 0.6 is 0 Å². The number of carboxylic acid groups (broad SMARTS) is 1. The third-order valence-corrected chi connectivity index (χ3v) is 6.68. The number of aromatic nitrogens is 1. The van der Waals surface area contributed by atoms with Crippen molar-refractivity contribution >= 4 is 28.3 Å². The summed E-state index contributed by atoms with van der Waals surface area (Å²) in [4.78, 5) is 31.9. The highest BCUT2D eigenvalue weighted by Crippen LogP contribution is 2.44. The summed E-state index contributed by atoms with van der Waals surface area (Å²) >= 11 is 0. The summed E-state index contributed by atoms with van der Waals surface area (Å²) in [6.45, 7) is 0.619. The molecule has 0 amide bonds. The van der Waals surface area contributed by atoms with Gasteiger partial charge < -0.3 is 34.6 Å². The molecule has 1 aromatic heterocycles. The molecule has 194 valence electrons. The molecule has 10 nitrogen and oxygen atoms in total. The second-order valence-corrected chi connectivity index (χ2v) is 9.11. The molecule has 0 spiro atoms. The number of nitrogens with two attached hydrogens (primary N) is 1. The SMILES string of the molecule is COc1cccc(O/N=C2/CCN(c3c(F)cc4c(=O)c(C(=O)O)cn(C5CC5)c4c3OC)CC2N)c1. The number of nitrogens with zero attached hydrogens (tertiary/aromatic N) is 3. The number of hydrogen-bond donors (Lipinski definition) is 2. The number of oxime groups is 1. The zero-order valence-corrected chi connectivity index (χ0v) is 20.4. The lowest BCUT2D eigenvalue weighted by Crippen LogP contribution is -2.49. The summed E-state index contributed by atoms with van der Waals surface area (Å²) in [5, 5.41) is 13.7. The Morgan fingerprint density at radius 3 is 2.59 bits per heavy atom. The highest BCUT2D eigenvalue weighted by Gasteiger charge is 2.33. The topological polar surface area (TPSA) is 129 Å². The maximum atomic E-state index is 15.6. The Morgan fingerprint density at radius 2 is 1.95 bits per heavy atom. The number of rotatable bonds is 7. The van der Waals surface area contributed by atoms with E-state index in [4.69, 9.17) is 20.0 Å². The zero-order valence-electron chi connectivity index (χ0n) is 20.4. The van der Waals surface area contributed by atoms with Crippen LogP contribution < -0.4 is 30.4 Å². The first-order valence-corrected chi connectivity index (χ1v) is 11.9. The number of carbonyl (C=O) groups is 1. The van der Waals surface area contributed by atoms with Crippen LogP contribution in [0.5, 0.6) is 17.2 Å². The van der Waals surface area contributed by atoms with Crippen molar-refractivity contribution in [1.82, 2.24) is 4.57 Å². The highest BCUT2D eigenvalue weighted by atomic mass is 19.1. The smallest absolute Gasteiger partial charge is 0.341 e. The molecule has 5 rings (SSSR count). The molecule has 1 unspecified atom stereocenters. The number of halogens is 1. The first-order valence-electron chi connectivity index (χ1n) is 11.9. The number of methoxy groups -OCH3 is 2. The number of pyridine rings is 1. The summed E-state index contributed by atoms with van der Waals surface area (Å²) in [6, 6.07) is 7.60. The summed E-state index contributed by atoms with van der Waals surface area (Å²) in [7, 11) is 2.97. The fourth-order valence-corrected chi connectivity index (χ4v) is 4.68. The van der Waals surface area contributed by atoms with Crippen LogP contribution in [0.2, 0.25) is 0 Å². The second-order valence-electron chi connectivity index (χ2n) is 9.11. The Bertz CT molecular complexity index is 1470. The molecule has 0 radical (unpaired) electrons. The van der Waals surface area contributed by atoms with Gasteiger partial charge in [0.2, 0.25) is 5.43 Å². The lowest BCUT2D eigenvalue weighted by atomic mass is 10.0. The molecule has 1 aliphatic heterocycles. The zero-order chi connectivity index (χ0) is 26.3. The molecule has 1 saturated carbocycles. The first kappa shape index (κ1) is 24.6. The largest absolute Gasteiger partial charge is 0.497 e. The summed E-state index contributed by atoms with van der Waals surface area (Å²) in [5.74, 6) is -0.726. The van der Waals surface area contributed by atoms with E-state index < -0.39 is 28.8 Å². The monoisotopic (exact) mass is 510 g/mol. The van der Waals surface area contributed by atoms with Crippen LogP contribution in [0.4, 0.5) is 10.1 Å². The molecule has 2 aliphatic rings. The average molecular weight is 511 g/mol. The molecule has 37 heavy (non-hydrogen) atoms. The molecule has 3 N–H and O–H groups in total. The van der Waals surface area contributed by atoms with Crippen molar-refractivity contribution in [3.05, 3.63) is 58.1 Å².